The van der Waals surface area contributed by atoms with Crippen molar-refractivity contribution in [3.05, 3.63) is 28.9 Å². The Bertz CT molecular complexity index is 499. The summed E-state index contributed by atoms with van der Waals surface area (Å²) in [5.74, 6) is 0.266. The highest BCUT2D eigenvalue weighted by atomic mass is 79.9. The molecule has 0 aromatic carbocycles. The summed E-state index contributed by atoms with van der Waals surface area (Å²) in [6, 6.07) is 0. The first kappa shape index (κ1) is 12.5. The summed E-state index contributed by atoms with van der Waals surface area (Å²) < 4.78 is 2.78. The minimum atomic E-state index is 0.204. The summed E-state index contributed by atoms with van der Waals surface area (Å²) >= 11 is 3.34. The van der Waals surface area contributed by atoms with Gasteiger partial charge in [0.05, 0.1) is 18.1 Å². The molecule has 92 valence electrons. The predicted molar refractivity (Wildman–Crippen MR) is 68.6 cm³/mol. The zero-order chi connectivity index (χ0) is 12.3. The van der Waals surface area contributed by atoms with E-state index in [9.17, 15) is 0 Å². The maximum atomic E-state index is 8.93. The number of imidazole rings is 1. The lowest BCUT2D eigenvalue weighted by atomic mass is 10.2. The highest BCUT2D eigenvalue weighted by Gasteiger charge is 2.05. The molecule has 0 fully saturated rings. The monoisotopic (exact) mass is 298 g/mol. The van der Waals surface area contributed by atoms with Gasteiger partial charge in [-0.1, -0.05) is 6.92 Å². The van der Waals surface area contributed by atoms with Crippen LogP contribution in [0.4, 0.5) is 0 Å². The predicted octanol–water partition coefficient (Wildman–Crippen LogP) is 1.21. The van der Waals surface area contributed by atoms with Crippen LogP contribution in [0.15, 0.2) is 23.2 Å². The topological polar surface area (TPSA) is 62.5 Å². The number of aliphatic hydroxyl groups excluding tert-OH is 1. The fourth-order valence-electron chi connectivity index (χ4n) is 1.56. The second-order valence-electron chi connectivity index (χ2n) is 4.11. The van der Waals surface area contributed by atoms with E-state index in [0.717, 1.165) is 29.0 Å². The third kappa shape index (κ3) is 3.02. The molecule has 2 N–H and O–H groups in total. The summed E-state index contributed by atoms with van der Waals surface area (Å²) in [5.41, 5.74) is 1.91. The van der Waals surface area contributed by atoms with Gasteiger partial charge in [0.1, 0.15) is 4.60 Å². The molecule has 1 atom stereocenters. The number of aliphatic hydroxyl groups is 1. The first-order valence-electron chi connectivity index (χ1n) is 5.49. The van der Waals surface area contributed by atoms with Gasteiger partial charge in [0, 0.05) is 25.9 Å². The number of fused-ring (bicyclic) bond motifs is 1. The van der Waals surface area contributed by atoms with Crippen molar-refractivity contribution in [2.75, 3.05) is 13.2 Å². The summed E-state index contributed by atoms with van der Waals surface area (Å²) in [6.07, 6.45) is 5.46. The van der Waals surface area contributed by atoms with E-state index in [1.165, 1.54) is 0 Å². The summed E-state index contributed by atoms with van der Waals surface area (Å²) in [7, 11) is 0. The zero-order valence-electron chi connectivity index (χ0n) is 9.60. The highest BCUT2D eigenvalue weighted by molar-refractivity contribution is 9.10. The molecule has 2 rings (SSSR count). The van der Waals surface area contributed by atoms with Crippen LogP contribution in [0.25, 0.3) is 5.65 Å². The Morgan fingerprint density at radius 2 is 2.29 bits per heavy atom. The second kappa shape index (κ2) is 5.57. The van der Waals surface area contributed by atoms with E-state index in [1.807, 2.05) is 23.7 Å². The minimum absolute atomic E-state index is 0.204. The van der Waals surface area contributed by atoms with Gasteiger partial charge in [-0.15, -0.1) is 0 Å². The quantitative estimate of drug-likeness (QED) is 0.871. The second-order valence-corrected chi connectivity index (χ2v) is 4.92. The van der Waals surface area contributed by atoms with Crippen LogP contribution in [-0.4, -0.2) is 32.6 Å². The standard InChI is InChI=1S/C11H15BrN4O/c1-8(7-17)2-13-3-9-4-15-11-5-14-10(12)6-16(9)11/h4-6,8,13,17H,2-3,7H2,1H3. The maximum Gasteiger partial charge on any atom is 0.155 e. The summed E-state index contributed by atoms with van der Waals surface area (Å²) in [5, 5.41) is 12.2. The van der Waals surface area contributed by atoms with Crippen molar-refractivity contribution >= 4 is 21.6 Å². The average molecular weight is 299 g/mol. The van der Waals surface area contributed by atoms with Crippen molar-refractivity contribution in [1.29, 1.82) is 0 Å². The van der Waals surface area contributed by atoms with Gasteiger partial charge in [0.2, 0.25) is 0 Å². The molecule has 0 spiro atoms. The van der Waals surface area contributed by atoms with Crippen LogP contribution in [0.5, 0.6) is 0 Å². The van der Waals surface area contributed by atoms with Gasteiger partial charge in [-0.3, -0.25) is 4.40 Å². The Hall–Kier alpha value is -0.980. The Morgan fingerprint density at radius 3 is 3.06 bits per heavy atom. The number of nitrogens with zero attached hydrogens (tertiary/aromatic N) is 3. The van der Waals surface area contributed by atoms with Gasteiger partial charge < -0.3 is 10.4 Å². The third-order valence-electron chi connectivity index (χ3n) is 2.55. The van der Waals surface area contributed by atoms with E-state index >= 15 is 0 Å². The number of nitrogens with one attached hydrogen (secondary N) is 1. The van der Waals surface area contributed by atoms with E-state index in [1.54, 1.807) is 6.20 Å². The molecular formula is C11H15BrN4O. The Morgan fingerprint density at radius 1 is 1.47 bits per heavy atom. The molecule has 0 saturated heterocycles. The van der Waals surface area contributed by atoms with Crippen LogP contribution < -0.4 is 5.32 Å². The molecule has 0 amide bonds. The van der Waals surface area contributed by atoms with Crippen LogP contribution in [0, 0.1) is 5.92 Å². The molecule has 0 aliphatic carbocycles. The van der Waals surface area contributed by atoms with Crippen LogP contribution in [0.3, 0.4) is 0 Å². The molecule has 1 unspecified atom stereocenters. The van der Waals surface area contributed by atoms with Crippen LogP contribution in [-0.2, 0) is 6.54 Å². The lowest BCUT2D eigenvalue weighted by Crippen LogP contribution is -2.23. The zero-order valence-corrected chi connectivity index (χ0v) is 11.2. The number of rotatable bonds is 5. The molecule has 0 aliphatic heterocycles. The molecule has 2 heterocycles. The van der Waals surface area contributed by atoms with Crippen molar-refractivity contribution < 1.29 is 5.11 Å². The molecule has 17 heavy (non-hydrogen) atoms. The lowest BCUT2D eigenvalue weighted by molar-refractivity contribution is 0.233. The average Bonchev–Trinajstić information content (AvgIpc) is 2.72. The van der Waals surface area contributed by atoms with E-state index in [2.05, 4.69) is 31.2 Å². The van der Waals surface area contributed by atoms with Gasteiger partial charge in [0.15, 0.2) is 5.65 Å². The van der Waals surface area contributed by atoms with Crippen LogP contribution >= 0.6 is 15.9 Å². The molecule has 6 heteroatoms. The van der Waals surface area contributed by atoms with Crippen molar-refractivity contribution in [3.63, 3.8) is 0 Å². The molecule has 2 aromatic rings. The van der Waals surface area contributed by atoms with Crippen molar-refractivity contribution in [2.45, 2.75) is 13.5 Å². The third-order valence-corrected chi connectivity index (χ3v) is 2.96. The van der Waals surface area contributed by atoms with Crippen molar-refractivity contribution in [2.24, 2.45) is 5.92 Å². The Labute approximate surface area is 108 Å². The van der Waals surface area contributed by atoms with Gasteiger partial charge in [0.25, 0.3) is 0 Å². The Kier molecular flexibility index (Phi) is 4.09. The van der Waals surface area contributed by atoms with E-state index in [-0.39, 0.29) is 12.5 Å². The van der Waals surface area contributed by atoms with Crippen LogP contribution in [0.2, 0.25) is 0 Å². The molecule has 5 nitrogen and oxygen atoms in total. The number of halogens is 1. The minimum Gasteiger partial charge on any atom is -0.396 e. The molecule has 0 bridgehead atoms. The number of hydrogen-bond acceptors (Lipinski definition) is 4. The first-order valence-corrected chi connectivity index (χ1v) is 6.29. The largest absolute Gasteiger partial charge is 0.396 e. The van der Waals surface area contributed by atoms with E-state index in [4.69, 9.17) is 5.11 Å². The highest BCUT2D eigenvalue weighted by Crippen LogP contribution is 2.10. The fourth-order valence-corrected chi connectivity index (χ4v) is 1.87. The van der Waals surface area contributed by atoms with Crippen LogP contribution in [0.1, 0.15) is 12.6 Å². The van der Waals surface area contributed by atoms with Gasteiger partial charge in [-0.25, -0.2) is 9.97 Å². The first-order chi connectivity index (χ1) is 8.20. The number of aromatic nitrogens is 3. The lowest BCUT2D eigenvalue weighted by Gasteiger charge is -2.09. The summed E-state index contributed by atoms with van der Waals surface area (Å²) in [4.78, 5) is 8.39. The molecule has 0 radical (unpaired) electrons. The molecule has 0 saturated carbocycles. The normalized spacial score (nSPS) is 13.1. The fraction of sp³-hybridized carbons (Fsp3) is 0.455. The van der Waals surface area contributed by atoms with Gasteiger partial charge in [-0.05, 0) is 21.8 Å². The van der Waals surface area contributed by atoms with Gasteiger partial charge in [-0.2, -0.15) is 0 Å². The molecule has 0 aliphatic rings. The molecular weight excluding hydrogens is 284 g/mol. The van der Waals surface area contributed by atoms with Crippen molar-refractivity contribution in [3.8, 4) is 0 Å². The summed E-state index contributed by atoms with van der Waals surface area (Å²) in [6.45, 7) is 3.72. The smallest absolute Gasteiger partial charge is 0.155 e. The molecule has 2 aromatic heterocycles. The Balaban J connectivity index is 2.06. The SMILES string of the molecule is CC(CO)CNCc1cnc2cnc(Br)cn12. The van der Waals surface area contributed by atoms with E-state index < -0.39 is 0 Å². The van der Waals surface area contributed by atoms with Gasteiger partial charge >= 0.3 is 0 Å². The van der Waals surface area contributed by atoms with Crippen molar-refractivity contribution in [1.82, 2.24) is 19.7 Å². The van der Waals surface area contributed by atoms with E-state index in [0.29, 0.717) is 0 Å². The maximum absolute atomic E-state index is 8.93. The number of hydrogen-bond donors (Lipinski definition) is 2.